The predicted octanol–water partition coefficient (Wildman–Crippen LogP) is 4.75. The van der Waals surface area contributed by atoms with Gasteiger partial charge in [-0.25, -0.2) is 4.98 Å². The van der Waals surface area contributed by atoms with Crippen LogP contribution in [0.3, 0.4) is 0 Å². The first kappa shape index (κ1) is 25.5. The number of carbonyl (C=O) groups is 1. The molecule has 0 saturated heterocycles. The van der Waals surface area contributed by atoms with Gasteiger partial charge in [-0.2, -0.15) is 4.98 Å². The van der Waals surface area contributed by atoms with Crippen LogP contribution in [0.15, 0.2) is 40.8 Å². The molecule has 0 unspecified atom stereocenters. The Labute approximate surface area is 202 Å². The maximum Gasteiger partial charge on any atom is 0.303 e. The highest BCUT2D eigenvalue weighted by atomic mass is 16.5. The van der Waals surface area contributed by atoms with E-state index in [2.05, 4.69) is 16.7 Å². The van der Waals surface area contributed by atoms with Gasteiger partial charge in [0.15, 0.2) is 0 Å². The number of esters is 1. The van der Waals surface area contributed by atoms with Crippen LogP contribution in [-0.2, 0) is 22.7 Å². The van der Waals surface area contributed by atoms with E-state index in [1.165, 1.54) is 6.92 Å². The first-order chi connectivity index (χ1) is 16.0. The second-order valence-corrected chi connectivity index (χ2v) is 8.92. The van der Waals surface area contributed by atoms with Crippen molar-refractivity contribution < 1.29 is 13.9 Å². The number of nitrogens with zero attached hydrogens (tertiary/aromatic N) is 3. The second-order valence-electron chi connectivity index (χ2n) is 8.92. The molecule has 8 heteroatoms. The van der Waals surface area contributed by atoms with Crippen molar-refractivity contribution in [3.63, 3.8) is 0 Å². The first-order valence-corrected chi connectivity index (χ1v) is 11.6. The maximum atomic E-state index is 10.9. The largest absolute Gasteiger partial charge is 0.461 e. The van der Waals surface area contributed by atoms with Gasteiger partial charge < -0.3 is 24.7 Å². The SMILES string of the molecule is C.CC(=O)OCc1ccc(CNCC2CCC(Nc3nc(N(C)C)c4ccccc4n3)CC2)o1. The topological polar surface area (TPSA) is 92.5 Å². The lowest BCUT2D eigenvalue weighted by Crippen LogP contribution is -2.31. The van der Waals surface area contributed by atoms with Crippen LogP contribution in [0.25, 0.3) is 10.9 Å². The van der Waals surface area contributed by atoms with Crippen LogP contribution in [0.4, 0.5) is 11.8 Å². The molecule has 0 amide bonds. The Morgan fingerprint density at radius 3 is 2.56 bits per heavy atom. The average molecular weight is 468 g/mol. The number of carbonyl (C=O) groups excluding carboxylic acids is 1. The van der Waals surface area contributed by atoms with Crippen LogP contribution in [-0.4, -0.2) is 42.6 Å². The monoisotopic (exact) mass is 467 g/mol. The van der Waals surface area contributed by atoms with Crippen molar-refractivity contribution in [2.45, 2.75) is 59.2 Å². The molecule has 8 nitrogen and oxygen atoms in total. The minimum atomic E-state index is -0.304. The van der Waals surface area contributed by atoms with E-state index in [1.54, 1.807) is 0 Å². The fourth-order valence-electron chi connectivity index (χ4n) is 4.33. The van der Waals surface area contributed by atoms with Crippen molar-refractivity contribution in [3.05, 3.63) is 47.9 Å². The van der Waals surface area contributed by atoms with Gasteiger partial charge in [0.2, 0.25) is 5.95 Å². The Bertz CT molecular complexity index is 1070. The smallest absolute Gasteiger partial charge is 0.303 e. The van der Waals surface area contributed by atoms with Crippen molar-refractivity contribution in [1.29, 1.82) is 0 Å². The van der Waals surface area contributed by atoms with Gasteiger partial charge in [0, 0.05) is 32.4 Å². The van der Waals surface area contributed by atoms with Gasteiger partial charge in [0.05, 0.1) is 12.1 Å². The summed E-state index contributed by atoms with van der Waals surface area (Å²) in [5.74, 6) is 3.52. The number of furan rings is 1. The van der Waals surface area contributed by atoms with E-state index in [-0.39, 0.29) is 20.0 Å². The van der Waals surface area contributed by atoms with Gasteiger partial charge >= 0.3 is 5.97 Å². The van der Waals surface area contributed by atoms with E-state index in [0.717, 1.165) is 54.7 Å². The molecular weight excluding hydrogens is 430 g/mol. The Hall–Kier alpha value is -3.13. The minimum absolute atomic E-state index is 0. The summed E-state index contributed by atoms with van der Waals surface area (Å²) in [6, 6.07) is 12.3. The van der Waals surface area contributed by atoms with Crippen LogP contribution in [0, 0.1) is 5.92 Å². The first-order valence-electron chi connectivity index (χ1n) is 11.6. The molecular formula is C26H37N5O3. The fraction of sp³-hybridized carbons (Fsp3) is 0.500. The molecule has 0 bridgehead atoms. The number of rotatable bonds is 9. The number of nitrogens with one attached hydrogen (secondary N) is 2. The van der Waals surface area contributed by atoms with E-state index in [4.69, 9.17) is 19.1 Å². The lowest BCUT2D eigenvalue weighted by Gasteiger charge is -2.29. The summed E-state index contributed by atoms with van der Waals surface area (Å²) in [4.78, 5) is 22.5. The van der Waals surface area contributed by atoms with Crippen molar-refractivity contribution in [2.24, 2.45) is 5.92 Å². The Morgan fingerprint density at radius 1 is 1.09 bits per heavy atom. The number of fused-ring (bicyclic) bond motifs is 1. The highest BCUT2D eigenvalue weighted by molar-refractivity contribution is 5.90. The number of hydrogen-bond donors (Lipinski definition) is 2. The predicted molar refractivity (Wildman–Crippen MR) is 136 cm³/mol. The van der Waals surface area contributed by atoms with Crippen LogP contribution in [0.5, 0.6) is 0 Å². The van der Waals surface area contributed by atoms with Gasteiger partial charge in [-0.15, -0.1) is 0 Å². The van der Waals surface area contributed by atoms with Crippen molar-refractivity contribution in [1.82, 2.24) is 15.3 Å². The summed E-state index contributed by atoms with van der Waals surface area (Å²) >= 11 is 0. The zero-order chi connectivity index (χ0) is 23.2. The third-order valence-corrected chi connectivity index (χ3v) is 6.05. The Morgan fingerprint density at radius 2 is 1.82 bits per heavy atom. The Balaban J connectivity index is 0.00000324. The van der Waals surface area contributed by atoms with Crippen LogP contribution < -0.4 is 15.5 Å². The zero-order valence-corrected chi connectivity index (χ0v) is 19.6. The van der Waals surface area contributed by atoms with E-state index >= 15 is 0 Å². The summed E-state index contributed by atoms with van der Waals surface area (Å²) in [6.07, 6.45) is 4.53. The van der Waals surface area contributed by atoms with E-state index in [9.17, 15) is 4.79 Å². The molecule has 1 aliphatic rings. The van der Waals surface area contributed by atoms with Gasteiger partial charge in [-0.1, -0.05) is 19.6 Å². The molecule has 4 rings (SSSR count). The highest BCUT2D eigenvalue weighted by Crippen LogP contribution is 2.28. The van der Waals surface area contributed by atoms with E-state index in [1.807, 2.05) is 49.3 Å². The number of benzene rings is 1. The summed E-state index contributed by atoms with van der Waals surface area (Å²) in [6.45, 7) is 3.22. The number of hydrogen-bond acceptors (Lipinski definition) is 8. The van der Waals surface area contributed by atoms with Crippen molar-refractivity contribution in [3.8, 4) is 0 Å². The number of aromatic nitrogens is 2. The Kier molecular flexibility index (Phi) is 8.87. The molecule has 0 atom stereocenters. The molecule has 2 aromatic heterocycles. The summed E-state index contributed by atoms with van der Waals surface area (Å²) < 4.78 is 10.7. The van der Waals surface area contributed by atoms with Crippen LogP contribution >= 0.6 is 0 Å². The van der Waals surface area contributed by atoms with Gasteiger partial charge in [0.25, 0.3) is 0 Å². The standard InChI is InChI=1S/C25H33N5O3.CH4/c1-17(31)32-16-21-13-12-20(33-21)15-26-14-18-8-10-19(11-9-18)27-25-28-23-7-5-4-6-22(23)24(29-25)30(2)3;/h4-7,12-13,18-19,26H,8-11,14-16H2,1-3H3,(H,27,28,29);1H4. The fourth-order valence-corrected chi connectivity index (χ4v) is 4.33. The quantitative estimate of drug-likeness (QED) is 0.436. The summed E-state index contributed by atoms with van der Waals surface area (Å²) in [7, 11) is 4.03. The molecule has 0 aliphatic heterocycles. The van der Waals surface area contributed by atoms with Gasteiger partial charge in [-0.3, -0.25) is 4.79 Å². The van der Waals surface area contributed by atoms with Crippen LogP contribution in [0.2, 0.25) is 0 Å². The number of para-hydroxylation sites is 1. The van der Waals surface area contributed by atoms with Gasteiger partial charge in [0.1, 0.15) is 23.9 Å². The van der Waals surface area contributed by atoms with Crippen LogP contribution in [0.1, 0.15) is 51.6 Å². The third kappa shape index (κ3) is 6.70. The number of ether oxygens (including phenoxy) is 1. The molecule has 2 N–H and O–H groups in total. The maximum absolute atomic E-state index is 10.9. The lowest BCUT2D eigenvalue weighted by atomic mass is 9.86. The summed E-state index contributed by atoms with van der Waals surface area (Å²) in [5.41, 5.74) is 0.963. The molecule has 3 aromatic rings. The zero-order valence-electron chi connectivity index (χ0n) is 19.6. The lowest BCUT2D eigenvalue weighted by molar-refractivity contribution is -0.142. The average Bonchev–Trinajstić information content (AvgIpc) is 3.26. The third-order valence-electron chi connectivity index (χ3n) is 6.05. The molecule has 1 fully saturated rings. The number of anilines is 2. The van der Waals surface area contributed by atoms with Gasteiger partial charge in [-0.05, 0) is 62.4 Å². The van der Waals surface area contributed by atoms with Crippen molar-refractivity contribution in [2.75, 3.05) is 30.9 Å². The second kappa shape index (κ2) is 11.8. The molecule has 1 saturated carbocycles. The minimum Gasteiger partial charge on any atom is -0.461 e. The molecule has 1 aromatic carbocycles. The molecule has 2 heterocycles. The molecule has 184 valence electrons. The van der Waals surface area contributed by atoms with E-state index in [0.29, 0.717) is 30.2 Å². The van der Waals surface area contributed by atoms with E-state index < -0.39 is 0 Å². The molecule has 1 aliphatic carbocycles. The highest BCUT2D eigenvalue weighted by Gasteiger charge is 2.22. The molecule has 0 radical (unpaired) electrons. The summed E-state index contributed by atoms with van der Waals surface area (Å²) in [5, 5.41) is 8.14. The molecule has 0 spiro atoms. The molecule has 34 heavy (non-hydrogen) atoms. The normalized spacial score (nSPS) is 17.7. The van der Waals surface area contributed by atoms with Crippen molar-refractivity contribution >= 4 is 28.6 Å².